The van der Waals surface area contributed by atoms with E-state index in [9.17, 15) is 13.6 Å². The second-order valence-electron chi connectivity index (χ2n) is 2.68. The predicted octanol–water partition coefficient (Wildman–Crippen LogP) is 1.98. The van der Waals surface area contributed by atoms with Crippen molar-refractivity contribution in [3.8, 4) is 5.75 Å². The van der Waals surface area contributed by atoms with Gasteiger partial charge in [0.15, 0.2) is 11.6 Å². The molecule has 0 aliphatic carbocycles. The predicted molar refractivity (Wildman–Crippen MR) is 44.6 cm³/mol. The molecule has 0 aliphatic heterocycles. The van der Waals surface area contributed by atoms with Gasteiger partial charge in [-0.25, -0.2) is 13.6 Å². The number of rotatable bonds is 2. The molecule has 0 amide bonds. The third-order valence-electron chi connectivity index (χ3n) is 1.84. The number of aromatic carboxylic acids is 1. The fourth-order valence-electron chi connectivity index (χ4n) is 1.05. The SMILES string of the molecule is COc1c(C(=O)O)cc(F)c(C)c1F. The number of halogens is 2. The molecule has 1 rings (SSSR count). The Morgan fingerprint density at radius 3 is 2.50 bits per heavy atom. The first-order valence-corrected chi connectivity index (χ1v) is 3.75. The van der Waals surface area contributed by atoms with Crippen LogP contribution >= 0.6 is 0 Å². The molecule has 0 radical (unpaired) electrons. The van der Waals surface area contributed by atoms with E-state index in [0.29, 0.717) is 0 Å². The van der Waals surface area contributed by atoms with Crippen LogP contribution in [0.15, 0.2) is 6.07 Å². The number of methoxy groups -OCH3 is 1. The van der Waals surface area contributed by atoms with Gasteiger partial charge in [-0.3, -0.25) is 0 Å². The Bertz CT molecular complexity index is 388. The molecule has 3 nitrogen and oxygen atoms in total. The van der Waals surface area contributed by atoms with E-state index in [2.05, 4.69) is 4.74 Å². The highest BCUT2D eigenvalue weighted by Crippen LogP contribution is 2.27. The highest BCUT2D eigenvalue weighted by Gasteiger charge is 2.20. The summed E-state index contributed by atoms with van der Waals surface area (Å²) in [6.07, 6.45) is 0. The fourth-order valence-corrected chi connectivity index (χ4v) is 1.05. The van der Waals surface area contributed by atoms with Gasteiger partial charge in [-0.1, -0.05) is 0 Å². The van der Waals surface area contributed by atoms with Crippen LogP contribution in [0.5, 0.6) is 5.75 Å². The molecule has 0 saturated carbocycles. The van der Waals surface area contributed by atoms with Gasteiger partial charge in [-0.15, -0.1) is 0 Å². The third-order valence-corrected chi connectivity index (χ3v) is 1.84. The summed E-state index contributed by atoms with van der Waals surface area (Å²) >= 11 is 0. The van der Waals surface area contributed by atoms with Gasteiger partial charge in [0.1, 0.15) is 11.4 Å². The van der Waals surface area contributed by atoms with Gasteiger partial charge in [-0.2, -0.15) is 0 Å². The molecule has 0 fully saturated rings. The molecule has 0 heterocycles. The van der Waals surface area contributed by atoms with E-state index in [4.69, 9.17) is 5.11 Å². The Kier molecular flexibility index (Phi) is 2.69. The summed E-state index contributed by atoms with van der Waals surface area (Å²) in [7, 11) is 1.13. The molecule has 1 aromatic carbocycles. The van der Waals surface area contributed by atoms with Crippen LogP contribution in [0.2, 0.25) is 0 Å². The van der Waals surface area contributed by atoms with E-state index in [1.165, 1.54) is 6.92 Å². The summed E-state index contributed by atoms with van der Waals surface area (Å²) < 4.78 is 30.8. The summed E-state index contributed by atoms with van der Waals surface area (Å²) in [5.74, 6) is -3.76. The van der Waals surface area contributed by atoms with Gasteiger partial charge >= 0.3 is 5.97 Å². The summed E-state index contributed by atoms with van der Waals surface area (Å²) in [4.78, 5) is 10.6. The maximum atomic E-state index is 13.3. The largest absolute Gasteiger partial charge is 0.493 e. The molecule has 1 aromatic rings. The highest BCUT2D eigenvalue weighted by atomic mass is 19.1. The zero-order valence-corrected chi connectivity index (χ0v) is 7.60. The number of carboxylic acid groups (broad SMARTS) is 1. The van der Waals surface area contributed by atoms with Crippen molar-refractivity contribution in [3.63, 3.8) is 0 Å². The van der Waals surface area contributed by atoms with Crippen LogP contribution in [-0.2, 0) is 0 Å². The van der Waals surface area contributed by atoms with Crippen LogP contribution in [-0.4, -0.2) is 18.2 Å². The highest BCUT2D eigenvalue weighted by molar-refractivity contribution is 5.91. The normalized spacial score (nSPS) is 10.0. The smallest absolute Gasteiger partial charge is 0.339 e. The molecule has 0 aliphatic rings. The first-order valence-electron chi connectivity index (χ1n) is 3.75. The van der Waals surface area contributed by atoms with Crippen molar-refractivity contribution in [2.75, 3.05) is 7.11 Å². The number of hydrogen-bond acceptors (Lipinski definition) is 2. The van der Waals surface area contributed by atoms with E-state index in [1.54, 1.807) is 0 Å². The second-order valence-corrected chi connectivity index (χ2v) is 2.68. The van der Waals surface area contributed by atoms with Crippen LogP contribution < -0.4 is 4.74 Å². The molecule has 0 atom stereocenters. The number of carboxylic acids is 1. The maximum Gasteiger partial charge on any atom is 0.339 e. The Morgan fingerprint density at radius 1 is 1.50 bits per heavy atom. The quantitative estimate of drug-likeness (QED) is 0.797. The van der Waals surface area contributed by atoms with Crippen molar-refractivity contribution in [1.82, 2.24) is 0 Å². The van der Waals surface area contributed by atoms with Crippen LogP contribution in [0.4, 0.5) is 8.78 Å². The average Bonchev–Trinajstić information content (AvgIpc) is 2.13. The fraction of sp³-hybridized carbons (Fsp3) is 0.222. The summed E-state index contributed by atoms with van der Waals surface area (Å²) in [5.41, 5.74) is -0.778. The van der Waals surface area contributed by atoms with Crippen LogP contribution in [0.25, 0.3) is 0 Å². The molecular formula is C9H8F2O3. The molecular weight excluding hydrogens is 194 g/mol. The Balaban J connectivity index is 3.51. The van der Waals surface area contributed by atoms with Crippen LogP contribution in [0.1, 0.15) is 15.9 Å². The minimum Gasteiger partial charge on any atom is -0.493 e. The standard InChI is InChI=1S/C9H8F2O3/c1-4-6(10)3-5(9(12)13)8(14-2)7(4)11/h3H,1-2H3,(H,12,13). The lowest BCUT2D eigenvalue weighted by Crippen LogP contribution is -2.05. The van der Waals surface area contributed by atoms with Crippen molar-refractivity contribution in [3.05, 3.63) is 28.8 Å². The molecule has 0 unspecified atom stereocenters. The molecule has 0 saturated heterocycles. The van der Waals surface area contributed by atoms with E-state index >= 15 is 0 Å². The van der Waals surface area contributed by atoms with Gasteiger partial charge < -0.3 is 9.84 Å². The lowest BCUT2D eigenvalue weighted by Gasteiger charge is -2.08. The minimum absolute atomic E-state index is 0.258. The Hall–Kier alpha value is -1.65. The first kappa shape index (κ1) is 10.4. The van der Waals surface area contributed by atoms with E-state index in [1.807, 2.05) is 0 Å². The summed E-state index contributed by atoms with van der Waals surface area (Å²) in [6.45, 7) is 1.21. The molecule has 14 heavy (non-hydrogen) atoms. The van der Waals surface area contributed by atoms with Crippen molar-refractivity contribution in [2.45, 2.75) is 6.92 Å². The molecule has 1 N–H and O–H groups in total. The van der Waals surface area contributed by atoms with Crippen LogP contribution in [0, 0.1) is 18.6 Å². The van der Waals surface area contributed by atoms with E-state index in [0.717, 1.165) is 13.2 Å². The van der Waals surface area contributed by atoms with Gasteiger partial charge in [0.2, 0.25) is 0 Å². The molecule has 0 aromatic heterocycles. The zero-order valence-electron chi connectivity index (χ0n) is 7.60. The van der Waals surface area contributed by atoms with Gasteiger partial charge in [-0.05, 0) is 13.0 Å². The third kappa shape index (κ3) is 1.53. The van der Waals surface area contributed by atoms with Crippen molar-refractivity contribution in [1.29, 1.82) is 0 Å². The Labute approximate surface area is 78.9 Å². The summed E-state index contributed by atoms with van der Waals surface area (Å²) in [6, 6.07) is 0.736. The molecule has 5 heteroatoms. The number of ether oxygens (including phenoxy) is 1. The number of carbonyl (C=O) groups is 1. The second kappa shape index (κ2) is 3.61. The lowest BCUT2D eigenvalue weighted by molar-refractivity contribution is 0.0691. The molecule has 0 bridgehead atoms. The zero-order chi connectivity index (χ0) is 10.9. The number of benzene rings is 1. The first-order chi connectivity index (χ1) is 6.49. The molecule has 76 valence electrons. The van der Waals surface area contributed by atoms with Gasteiger partial charge in [0.05, 0.1) is 7.11 Å². The lowest BCUT2D eigenvalue weighted by atomic mass is 10.1. The summed E-state index contributed by atoms with van der Waals surface area (Å²) in [5, 5.41) is 8.62. The van der Waals surface area contributed by atoms with Crippen molar-refractivity contribution >= 4 is 5.97 Å². The van der Waals surface area contributed by atoms with Crippen LogP contribution in [0.3, 0.4) is 0 Å². The van der Waals surface area contributed by atoms with Gasteiger partial charge in [0, 0.05) is 5.56 Å². The monoisotopic (exact) mass is 202 g/mol. The number of hydrogen-bond donors (Lipinski definition) is 1. The van der Waals surface area contributed by atoms with Gasteiger partial charge in [0.25, 0.3) is 0 Å². The topological polar surface area (TPSA) is 46.5 Å². The maximum absolute atomic E-state index is 13.3. The van der Waals surface area contributed by atoms with Crippen molar-refractivity contribution in [2.24, 2.45) is 0 Å². The minimum atomic E-state index is -1.43. The van der Waals surface area contributed by atoms with Crippen molar-refractivity contribution < 1.29 is 23.4 Å². The van der Waals surface area contributed by atoms with E-state index < -0.39 is 28.9 Å². The average molecular weight is 202 g/mol. The molecule has 0 spiro atoms. The van der Waals surface area contributed by atoms with E-state index in [-0.39, 0.29) is 5.56 Å². The Morgan fingerprint density at radius 2 is 2.07 bits per heavy atom.